The lowest BCUT2D eigenvalue weighted by atomic mass is 10.1. The Balaban J connectivity index is 2.01. The largest absolute Gasteiger partial charge is 0.507 e. The highest BCUT2D eigenvalue weighted by atomic mass is 16.5. The van der Waals surface area contributed by atoms with E-state index >= 15 is 0 Å². The number of barbiturate groups is 1. The van der Waals surface area contributed by atoms with Gasteiger partial charge in [0.15, 0.2) is 0 Å². The molecular formula is C18H14N2O5. The second-order valence-corrected chi connectivity index (χ2v) is 5.21. The first-order chi connectivity index (χ1) is 12.0. The van der Waals surface area contributed by atoms with Gasteiger partial charge in [-0.15, -0.1) is 0 Å². The Morgan fingerprint density at radius 3 is 2.36 bits per heavy atom. The lowest BCUT2D eigenvalue weighted by Gasteiger charge is -2.26. The molecule has 2 N–H and O–H groups in total. The molecule has 7 heteroatoms. The summed E-state index contributed by atoms with van der Waals surface area (Å²) in [5.41, 5.74) is 0.334. The number of benzene rings is 2. The molecule has 0 atom stereocenters. The minimum Gasteiger partial charge on any atom is -0.507 e. The van der Waals surface area contributed by atoms with Crippen LogP contribution in [0.2, 0.25) is 0 Å². The number of phenolic OH excluding ortho intramolecular Hbond substituents is 1. The van der Waals surface area contributed by atoms with E-state index in [1.54, 1.807) is 30.3 Å². The number of hydrogen-bond donors (Lipinski definition) is 2. The van der Waals surface area contributed by atoms with Crippen molar-refractivity contribution >= 4 is 29.6 Å². The molecule has 0 bridgehead atoms. The van der Waals surface area contributed by atoms with Gasteiger partial charge in [-0.1, -0.05) is 18.2 Å². The molecule has 126 valence electrons. The van der Waals surface area contributed by atoms with Crippen molar-refractivity contribution in [2.24, 2.45) is 0 Å². The quantitative estimate of drug-likeness (QED) is 0.660. The van der Waals surface area contributed by atoms with Crippen LogP contribution in [0.3, 0.4) is 0 Å². The molecule has 7 nitrogen and oxygen atoms in total. The molecule has 25 heavy (non-hydrogen) atoms. The number of rotatable bonds is 3. The van der Waals surface area contributed by atoms with E-state index in [1.807, 2.05) is 0 Å². The van der Waals surface area contributed by atoms with Gasteiger partial charge in [-0.05, 0) is 36.4 Å². The van der Waals surface area contributed by atoms with Crippen LogP contribution in [0.4, 0.5) is 10.5 Å². The van der Waals surface area contributed by atoms with Crippen LogP contribution in [-0.4, -0.2) is 30.1 Å². The van der Waals surface area contributed by atoms with E-state index in [9.17, 15) is 19.5 Å². The monoisotopic (exact) mass is 338 g/mol. The minimum atomic E-state index is -0.838. The summed E-state index contributed by atoms with van der Waals surface area (Å²) in [6, 6.07) is 11.7. The summed E-state index contributed by atoms with van der Waals surface area (Å²) in [6.07, 6.45) is 1.25. The molecule has 1 aliphatic rings. The number of para-hydroxylation sites is 1. The number of methoxy groups -OCH3 is 1. The molecule has 1 fully saturated rings. The van der Waals surface area contributed by atoms with Crippen LogP contribution in [0.1, 0.15) is 5.56 Å². The van der Waals surface area contributed by atoms with Crippen molar-refractivity contribution < 1.29 is 24.2 Å². The number of phenols is 1. The smallest absolute Gasteiger partial charge is 0.335 e. The van der Waals surface area contributed by atoms with E-state index in [0.717, 1.165) is 4.90 Å². The van der Waals surface area contributed by atoms with E-state index in [2.05, 4.69) is 5.32 Å². The van der Waals surface area contributed by atoms with E-state index in [1.165, 1.54) is 31.4 Å². The van der Waals surface area contributed by atoms with Crippen LogP contribution in [-0.2, 0) is 9.59 Å². The summed E-state index contributed by atoms with van der Waals surface area (Å²) in [6.45, 7) is 0. The van der Waals surface area contributed by atoms with Gasteiger partial charge < -0.3 is 9.84 Å². The maximum atomic E-state index is 12.7. The number of nitrogens with one attached hydrogen (secondary N) is 1. The van der Waals surface area contributed by atoms with Crippen molar-refractivity contribution in [3.8, 4) is 11.5 Å². The third-order valence-corrected chi connectivity index (χ3v) is 3.67. The summed E-state index contributed by atoms with van der Waals surface area (Å²) >= 11 is 0. The maximum absolute atomic E-state index is 12.7. The number of hydrogen-bond acceptors (Lipinski definition) is 5. The summed E-state index contributed by atoms with van der Waals surface area (Å²) < 4.78 is 5.04. The zero-order chi connectivity index (χ0) is 18.0. The topological polar surface area (TPSA) is 95.9 Å². The predicted molar refractivity (Wildman–Crippen MR) is 90.1 cm³/mol. The zero-order valence-electron chi connectivity index (χ0n) is 13.2. The van der Waals surface area contributed by atoms with Crippen LogP contribution in [0.15, 0.2) is 54.1 Å². The zero-order valence-corrected chi connectivity index (χ0v) is 13.2. The number of imide groups is 2. The Morgan fingerprint density at radius 1 is 1.04 bits per heavy atom. The fraction of sp³-hybridized carbons (Fsp3) is 0.0556. The fourth-order valence-electron chi connectivity index (χ4n) is 2.39. The van der Waals surface area contributed by atoms with Gasteiger partial charge in [0.05, 0.1) is 12.8 Å². The van der Waals surface area contributed by atoms with Crippen LogP contribution in [0, 0.1) is 0 Å². The number of urea groups is 1. The molecule has 0 saturated carbocycles. The molecule has 4 amide bonds. The first kappa shape index (κ1) is 16.3. The number of ether oxygens (including phenoxy) is 1. The van der Waals surface area contributed by atoms with Gasteiger partial charge in [0.25, 0.3) is 11.8 Å². The standard InChI is InChI=1S/C18H14N2O5/c1-25-13-8-6-12(7-9-13)20-17(23)14(16(22)19-18(20)24)10-11-4-2-3-5-15(11)21/h2-10,21H,1H3,(H,19,22,24)/b14-10-. The number of aromatic hydroxyl groups is 1. The Kier molecular flexibility index (Phi) is 4.21. The fourth-order valence-corrected chi connectivity index (χ4v) is 2.39. The molecule has 2 aromatic carbocycles. The van der Waals surface area contributed by atoms with E-state index in [-0.39, 0.29) is 11.3 Å². The van der Waals surface area contributed by atoms with Gasteiger partial charge in [0.2, 0.25) is 0 Å². The average Bonchev–Trinajstić information content (AvgIpc) is 2.60. The number of anilines is 1. The maximum Gasteiger partial charge on any atom is 0.335 e. The molecule has 0 radical (unpaired) electrons. The van der Waals surface area contributed by atoms with Crippen molar-refractivity contribution in [2.75, 3.05) is 12.0 Å². The lowest BCUT2D eigenvalue weighted by molar-refractivity contribution is -0.122. The van der Waals surface area contributed by atoms with Gasteiger partial charge in [-0.25, -0.2) is 9.69 Å². The van der Waals surface area contributed by atoms with Crippen molar-refractivity contribution in [3.05, 3.63) is 59.7 Å². The van der Waals surface area contributed by atoms with Crippen molar-refractivity contribution in [3.63, 3.8) is 0 Å². The summed E-state index contributed by atoms with van der Waals surface area (Å²) in [5, 5.41) is 11.9. The normalized spacial score (nSPS) is 16.1. The highest BCUT2D eigenvalue weighted by molar-refractivity contribution is 6.39. The average molecular weight is 338 g/mol. The second kappa shape index (κ2) is 6.48. The Bertz CT molecular complexity index is 887. The van der Waals surface area contributed by atoms with Crippen LogP contribution in [0.5, 0.6) is 11.5 Å². The van der Waals surface area contributed by atoms with Gasteiger partial charge in [-0.2, -0.15) is 0 Å². The first-order valence-electron chi connectivity index (χ1n) is 7.35. The van der Waals surface area contributed by atoms with Gasteiger partial charge >= 0.3 is 6.03 Å². The van der Waals surface area contributed by atoms with Crippen LogP contribution < -0.4 is 15.0 Å². The lowest BCUT2D eigenvalue weighted by Crippen LogP contribution is -2.54. The third kappa shape index (κ3) is 3.07. The Labute approximate surface area is 143 Å². The summed E-state index contributed by atoms with van der Waals surface area (Å²) in [4.78, 5) is 37.7. The number of carbonyl (C=O) groups is 3. The molecule has 2 aromatic rings. The van der Waals surface area contributed by atoms with E-state index in [4.69, 9.17) is 4.74 Å². The molecule has 3 rings (SSSR count). The third-order valence-electron chi connectivity index (χ3n) is 3.67. The van der Waals surface area contributed by atoms with E-state index in [0.29, 0.717) is 17.0 Å². The predicted octanol–water partition coefficient (Wildman–Crippen LogP) is 2.07. The molecule has 1 heterocycles. The van der Waals surface area contributed by atoms with E-state index < -0.39 is 17.8 Å². The minimum absolute atomic E-state index is 0.0801. The highest BCUT2D eigenvalue weighted by Gasteiger charge is 2.36. The SMILES string of the molecule is COc1ccc(N2C(=O)NC(=O)/C(=C/c3ccccc3O)C2=O)cc1. The summed E-state index contributed by atoms with van der Waals surface area (Å²) in [7, 11) is 1.50. The molecule has 0 aliphatic carbocycles. The number of nitrogens with zero attached hydrogens (tertiary/aromatic N) is 1. The second-order valence-electron chi connectivity index (χ2n) is 5.21. The van der Waals surface area contributed by atoms with Gasteiger partial charge in [-0.3, -0.25) is 14.9 Å². The van der Waals surface area contributed by atoms with Crippen molar-refractivity contribution in [1.29, 1.82) is 0 Å². The molecule has 0 aromatic heterocycles. The molecule has 0 unspecified atom stereocenters. The van der Waals surface area contributed by atoms with Crippen LogP contribution in [0.25, 0.3) is 6.08 Å². The number of carbonyl (C=O) groups excluding carboxylic acids is 3. The molecular weight excluding hydrogens is 324 g/mol. The first-order valence-corrected chi connectivity index (χ1v) is 7.35. The van der Waals surface area contributed by atoms with Crippen LogP contribution >= 0.6 is 0 Å². The van der Waals surface area contributed by atoms with Crippen molar-refractivity contribution in [2.45, 2.75) is 0 Å². The highest BCUT2D eigenvalue weighted by Crippen LogP contribution is 2.25. The molecule has 1 aliphatic heterocycles. The Hall–Kier alpha value is -3.61. The summed E-state index contributed by atoms with van der Waals surface area (Å²) in [5.74, 6) is -1.11. The Morgan fingerprint density at radius 2 is 1.72 bits per heavy atom. The van der Waals surface area contributed by atoms with Gasteiger partial charge in [0, 0.05) is 5.56 Å². The van der Waals surface area contributed by atoms with Crippen molar-refractivity contribution in [1.82, 2.24) is 5.32 Å². The van der Waals surface area contributed by atoms with Gasteiger partial charge in [0.1, 0.15) is 17.1 Å². The number of amides is 4. The molecule has 0 spiro atoms. The molecule has 1 saturated heterocycles.